The quantitative estimate of drug-likeness (QED) is 0.786. The first-order valence-electron chi connectivity index (χ1n) is 6.99. The summed E-state index contributed by atoms with van der Waals surface area (Å²) in [4.78, 5) is 25.7. The lowest BCUT2D eigenvalue weighted by atomic mass is 9.74. The second-order valence-electron chi connectivity index (χ2n) is 6.19. The van der Waals surface area contributed by atoms with Crippen molar-refractivity contribution in [3.05, 3.63) is 0 Å². The maximum Gasteiger partial charge on any atom is 0.244 e. The summed E-state index contributed by atoms with van der Waals surface area (Å²) in [5.74, 6) is 0.206. The molecule has 2 atom stereocenters. The Kier molecular flexibility index (Phi) is 5.35. The van der Waals surface area contributed by atoms with Gasteiger partial charge in [-0.2, -0.15) is 0 Å². The Morgan fingerprint density at radius 3 is 2.47 bits per heavy atom. The molecule has 1 fully saturated rings. The number of piperidine rings is 1. The molecule has 2 unspecified atom stereocenters. The molecule has 19 heavy (non-hydrogen) atoms. The van der Waals surface area contributed by atoms with Crippen LogP contribution in [0.4, 0.5) is 0 Å². The normalized spacial score (nSPS) is 21.6. The molecule has 1 saturated heterocycles. The molecular formula is C14H27N3O2. The van der Waals surface area contributed by atoms with Crippen LogP contribution in [0.5, 0.6) is 0 Å². The zero-order valence-corrected chi connectivity index (χ0v) is 12.7. The predicted molar refractivity (Wildman–Crippen MR) is 75.7 cm³/mol. The molecule has 0 aromatic heterocycles. The molecular weight excluding hydrogens is 242 g/mol. The third-order valence-corrected chi connectivity index (χ3v) is 4.06. The highest BCUT2D eigenvalue weighted by Gasteiger charge is 2.38. The lowest BCUT2D eigenvalue weighted by Gasteiger charge is -2.36. The van der Waals surface area contributed by atoms with Crippen molar-refractivity contribution >= 4 is 11.8 Å². The predicted octanol–water partition coefficient (Wildman–Crippen LogP) is 0.605. The Hall–Kier alpha value is -1.10. The van der Waals surface area contributed by atoms with Crippen molar-refractivity contribution in [2.75, 3.05) is 27.2 Å². The van der Waals surface area contributed by atoms with Crippen LogP contribution in [-0.4, -0.2) is 49.9 Å². The molecule has 1 aliphatic heterocycles. The number of amides is 2. The number of carbonyl (C=O) groups is 2. The lowest BCUT2D eigenvalue weighted by Crippen LogP contribution is -2.52. The molecule has 1 heterocycles. The van der Waals surface area contributed by atoms with E-state index in [0.717, 1.165) is 25.9 Å². The number of carbonyl (C=O) groups excluding carboxylic acids is 2. The average Bonchev–Trinajstić information content (AvgIpc) is 2.38. The largest absolute Gasteiger partial charge is 0.347 e. The minimum atomic E-state index is -0.474. The molecule has 110 valence electrons. The Morgan fingerprint density at radius 1 is 1.37 bits per heavy atom. The summed E-state index contributed by atoms with van der Waals surface area (Å²) in [6.45, 7) is 7.56. The molecule has 2 N–H and O–H groups in total. The van der Waals surface area contributed by atoms with E-state index in [1.54, 1.807) is 21.0 Å². The van der Waals surface area contributed by atoms with Gasteiger partial charge in [0, 0.05) is 19.5 Å². The van der Waals surface area contributed by atoms with Crippen LogP contribution in [-0.2, 0) is 9.59 Å². The van der Waals surface area contributed by atoms with E-state index in [4.69, 9.17) is 0 Å². The third kappa shape index (κ3) is 3.93. The summed E-state index contributed by atoms with van der Waals surface area (Å²) in [6, 6.07) is -0.474. The van der Waals surface area contributed by atoms with E-state index in [-0.39, 0.29) is 11.8 Å². The van der Waals surface area contributed by atoms with Crippen molar-refractivity contribution in [2.45, 2.75) is 39.7 Å². The van der Waals surface area contributed by atoms with Gasteiger partial charge in [0.15, 0.2) is 0 Å². The summed E-state index contributed by atoms with van der Waals surface area (Å²) in [7, 11) is 3.39. The summed E-state index contributed by atoms with van der Waals surface area (Å²) >= 11 is 0. The molecule has 5 nitrogen and oxygen atoms in total. The van der Waals surface area contributed by atoms with Gasteiger partial charge in [0.05, 0.1) is 0 Å². The summed E-state index contributed by atoms with van der Waals surface area (Å²) < 4.78 is 0. The highest BCUT2D eigenvalue weighted by Crippen LogP contribution is 2.32. The van der Waals surface area contributed by atoms with Crippen LogP contribution in [0, 0.1) is 11.3 Å². The Bertz CT molecular complexity index is 334. The maximum atomic E-state index is 12.4. The van der Waals surface area contributed by atoms with Crippen LogP contribution in [0.1, 0.15) is 33.6 Å². The molecule has 1 aliphatic rings. The van der Waals surface area contributed by atoms with Crippen LogP contribution < -0.4 is 10.6 Å². The fraction of sp³-hybridized carbons (Fsp3) is 0.857. The first-order valence-corrected chi connectivity index (χ1v) is 6.99. The van der Waals surface area contributed by atoms with Gasteiger partial charge in [0.1, 0.15) is 6.04 Å². The van der Waals surface area contributed by atoms with Crippen LogP contribution in [0.15, 0.2) is 0 Å². The van der Waals surface area contributed by atoms with Gasteiger partial charge in [-0.3, -0.25) is 9.59 Å². The van der Waals surface area contributed by atoms with Gasteiger partial charge in [-0.15, -0.1) is 0 Å². The summed E-state index contributed by atoms with van der Waals surface area (Å²) in [5, 5.41) is 6.18. The zero-order chi connectivity index (χ0) is 14.6. The molecule has 0 saturated carbocycles. The van der Waals surface area contributed by atoms with E-state index >= 15 is 0 Å². The zero-order valence-electron chi connectivity index (χ0n) is 12.7. The average molecular weight is 269 g/mol. The Balaban J connectivity index is 2.62. The molecule has 0 bridgehead atoms. The topological polar surface area (TPSA) is 61.4 Å². The van der Waals surface area contributed by atoms with Crippen LogP contribution >= 0.6 is 0 Å². The maximum absolute atomic E-state index is 12.4. The molecule has 0 aromatic carbocycles. The number of hydrogen-bond donors (Lipinski definition) is 2. The smallest absolute Gasteiger partial charge is 0.244 e. The van der Waals surface area contributed by atoms with Crippen molar-refractivity contribution < 1.29 is 9.59 Å². The Morgan fingerprint density at radius 2 is 2.00 bits per heavy atom. The molecule has 0 aromatic rings. The van der Waals surface area contributed by atoms with Gasteiger partial charge in [-0.25, -0.2) is 0 Å². The molecule has 1 rings (SSSR count). The minimum absolute atomic E-state index is 0.0381. The van der Waals surface area contributed by atoms with Crippen molar-refractivity contribution in [1.29, 1.82) is 0 Å². The molecule has 0 aliphatic carbocycles. The van der Waals surface area contributed by atoms with Gasteiger partial charge < -0.3 is 15.5 Å². The van der Waals surface area contributed by atoms with Gasteiger partial charge >= 0.3 is 0 Å². The highest BCUT2D eigenvalue weighted by molar-refractivity contribution is 5.89. The fourth-order valence-corrected chi connectivity index (χ4v) is 2.48. The highest BCUT2D eigenvalue weighted by atomic mass is 16.2. The second kappa shape index (κ2) is 6.37. The van der Waals surface area contributed by atoms with Crippen molar-refractivity contribution in [3.8, 4) is 0 Å². The van der Waals surface area contributed by atoms with Gasteiger partial charge in [0.25, 0.3) is 0 Å². The molecule has 5 heteroatoms. The van der Waals surface area contributed by atoms with Crippen molar-refractivity contribution in [2.24, 2.45) is 11.3 Å². The van der Waals surface area contributed by atoms with E-state index in [1.165, 1.54) is 4.90 Å². The standard InChI is InChI=1S/C14H27N3O2/c1-10(12(18)17(4)5)16-13(19)14(2,3)11-7-6-8-15-9-11/h10-11,15H,6-9H2,1-5H3,(H,16,19). The van der Waals surface area contributed by atoms with E-state index in [9.17, 15) is 9.59 Å². The first kappa shape index (κ1) is 16.0. The van der Waals surface area contributed by atoms with Gasteiger partial charge in [0.2, 0.25) is 11.8 Å². The van der Waals surface area contributed by atoms with Crippen LogP contribution in [0.25, 0.3) is 0 Å². The lowest BCUT2D eigenvalue weighted by molar-refractivity contribution is -0.138. The molecule has 2 amide bonds. The van der Waals surface area contributed by atoms with E-state index in [0.29, 0.717) is 5.92 Å². The van der Waals surface area contributed by atoms with Crippen LogP contribution in [0.3, 0.4) is 0 Å². The number of hydrogen-bond acceptors (Lipinski definition) is 3. The van der Waals surface area contributed by atoms with E-state index in [2.05, 4.69) is 10.6 Å². The van der Waals surface area contributed by atoms with Gasteiger partial charge in [-0.1, -0.05) is 13.8 Å². The second-order valence-corrected chi connectivity index (χ2v) is 6.19. The number of nitrogens with zero attached hydrogens (tertiary/aromatic N) is 1. The monoisotopic (exact) mass is 269 g/mol. The van der Waals surface area contributed by atoms with Crippen molar-refractivity contribution in [1.82, 2.24) is 15.5 Å². The minimum Gasteiger partial charge on any atom is -0.347 e. The van der Waals surface area contributed by atoms with Gasteiger partial charge in [-0.05, 0) is 38.8 Å². The third-order valence-electron chi connectivity index (χ3n) is 4.06. The SMILES string of the molecule is CC(NC(=O)C(C)(C)C1CCCNC1)C(=O)N(C)C. The molecule has 0 radical (unpaired) electrons. The number of nitrogens with one attached hydrogen (secondary N) is 2. The van der Waals surface area contributed by atoms with Crippen LogP contribution in [0.2, 0.25) is 0 Å². The van der Waals surface area contributed by atoms with Crippen molar-refractivity contribution in [3.63, 3.8) is 0 Å². The molecule has 0 spiro atoms. The Labute approximate surface area is 116 Å². The number of likely N-dealkylation sites (N-methyl/N-ethyl adjacent to an activating group) is 1. The fourth-order valence-electron chi connectivity index (χ4n) is 2.48. The number of rotatable bonds is 4. The summed E-state index contributed by atoms with van der Waals surface area (Å²) in [6.07, 6.45) is 2.16. The van der Waals surface area contributed by atoms with E-state index in [1.807, 2.05) is 13.8 Å². The van der Waals surface area contributed by atoms with E-state index < -0.39 is 11.5 Å². The first-order chi connectivity index (χ1) is 8.76. The summed E-state index contributed by atoms with van der Waals surface area (Å²) in [5.41, 5.74) is -0.450.